The first-order chi connectivity index (χ1) is 12.7. The van der Waals surface area contributed by atoms with E-state index in [2.05, 4.69) is 31.6 Å². The molecule has 4 rings (SSSR count). The molecule has 2 aromatic heterocycles. The van der Waals surface area contributed by atoms with Gasteiger partial charge in [-0.25, -0.2) is 5.43 Å². The van der Waals surface area contributed by atoms with Gasteiger partial charge in [0.25, 0.3) is 5.91 Å². The number of carbonyl (C=O) groups excluding carboxylic acids is 1. The molecule has 0 radical (unpaired) electrons. The van der Waals surface area contributed by atoms with Gasteiger partial charge in [-0.3, -0.25) is 19.9 Å². The number of halogens is 1. The molecule has 2 unspecified atom stereocenters. The molecule has 2 fully saturated rings. The summed E-state index contributed by atoms with van der Waals surface area (Å²) in [4.78, 5) is 17.1. The maximum atomic E-state index is 12.7. The summed E-state index contributed by atoms with van der Waals surface area (Å²) in [6.07, 6.45) is 5.47. The number of hydrogen-bond acceptors (Lipinski definition) is 6. The van der Waals surface area contributed by atoms with Gasteiger partial charge in [0.05, 0.1) is 28.8 Å². The van der Waals surface area contributed by atoms with E-state index in [-0.39, 0.29) is 29.7 Å². The minimum Gasteiger partial charge on any atom is -0.344 e. The zero-order valence-electron chi connectivity index (χ0n) is 14.3. The smallest absolute Gasteiger partial charge is 0.273 e. The van der Waals surface area contributed by atoms with Gasteiger partial charge in [0.1, 0.15) is 0 Å². The Labute approximate surface area is 156 Å². The van der Waals surface area contributed by atoms with Crippen LogP contribution in [0.25, 0.3) is 0 Å². The molecule has 0 saturated carbocycles. The van der Waals surface area contributed by atoms with Gasteiger partial charge in [-0.1, -0.05) is 17.7 Å². The molecule has 2 aromatic rings. The molecule has 8 nitrogen and oxygen atoms in total. The summed E-state index contributed by atoms with van der Waals surface area (Å²) in [7, 11) is 0. The number of hydrazine groups is 1. The van der Waals surface area contributed by atoms with E-state index >= 15 is 0 Å². The summed E-state index contributed by atoms with van der Waals surface area (Å²) in [5.74, 6) is -0.265. The second-order valence-corrected chi connectivity index (χ2v) is 7.03. The highest BCUT2D eigenvalue weighted by Crippen LogP contribution is 2.23. The number of pyridine rings is 1. The van der Waals surface area contributed by atoms with Gasteiger partial charge < -0.3 is 10.6 Å². The lowest BCUT2D eigenvalue weighted by atomic mass is 10.1. The van der Waals surface area contributed by atoms with Crippen LogP contribution in [-0.2, 0) is 0 Å². The van der Waals surface area contributed by atoms with Crippen LogP contribution in [0.5, 0.6) is 0 Å². The van der Waals surface area contributed by atoms with Crippen molar-refractivity contribution in [3.63, 3.8) is 0 Å². The number of nitrogens with zero attached hydrogens (tertiary/aromatic N) is 3. The Morgan fingerprint density at radius 2 is 2.15 bits per heavy atom. The third kappa shape index (κ3) is 3.59. The van der Waals surface area contributed by atoms with Gasteiger partial charge in [0, 0.05) is 18.9 Å². The lowest BCUT2D eigenvalue weighted by Gasteiger charge is -2.22. The van der Waals surface area contributed by atoms with Crippen LogP contribution in [-0.4, -0.2) is 46.3 Å². The predicted molar refractivity (Wildman–Crippen MR) is 97.7 cm³/mol. The van der Waals surface area contributed by atoms with Crippen molar-refractivity contribution in [3.8, 4) is 0 Å². The van der Waals surface area contributed by atoms with Crippen molar-refractivity contribution in [3.05, 3.63) is 47.0 Å². The Morgan fingerprint density at radius 1 is 1.31 bits per heavy atom. The molecule has 4 heterocycles. The summed E-state index contributed by atoms with van der Waals surface area (Å²) >= 11 is 6.29. The van der Waals surface area contributed by atoms with Crippen molar-refractivity contribution in [2.24, 2.45) is 0 Å². The summed E-state index contributed by atoms with van der Waals surface area (Å²) in [5, 5.41) is 11.2. The standard InChI is InChI=1S/C17H22ClN7O/c18-12-10-25(11-4-7-19-8-5-11)24-15(12)17(26)22-14-9-21-23-16(14)13-3-1-2-6-20-13/h1-3,6,10-11,14,16,19,21,23H,4-5,7-9H2,(H,22,26). The van der Waals surface area contributed by atoms with Crippen LogP contribution in [0.15, 0.2) is 30.6 Å². The highest BCUT2D eigenvalue weighted by atomic mass is 35.5. The highest BCUT2D eigenvalue weighted by Gasteiger charge is 2.32. The van der Waals surface area contributed by atoms with Crippen LogP contribution in [0.4, 0.5) is 0 Å². The van der Waals surface area contributed by atoms with E-state index in [1.54, 1.807) is 12.4 Å². The number of rotatable bonds is 4. The van der Waals surface area contributed by atoms with Crippen molar-refractivity contribution >= 4 is 17.5 Å². The molecule has 1 amide bonds. The van der Waals surface area contributed by atoms with Crippen molar-refractivity contribution in [2.45, 2.75) is 31.0 Å². The Bertz CT molecular complexity index is 760. The highest BCUT2D eigenvalue weighted by molar-refractivity contribution is 6.33. The summed E-state index contributed by atoms with van der Waals surface area (Å²) in [6.45, 7) is 2.50. The molecule has 2 atom stereocenters. The Morgan fingerprint density at radius 3 is 2.92 bits per heavy atom. The van der Waals surface area contributed by atoms with Crippen LogP contribution in [0.3, 0.4) is 0 Å². The van der Waals surface area contributed by atoms with Gasteiger partial charge >= 0.3 is 0 Å². The summed E-state index contributed by atoms with van der Waals surface area (Å²) in [6, 6.07) is 5.77. The van der Waals surface area contributed by atoms with E-state index in [0.717, 1.165) is 31.6 Å². The minimum absolute atomic E-state index is 0.106. The molecule has 2 saturated heterocycles. The van der Waals surface area contributed by atoms with E-state index in [4.69, 9.17) is 11.6 Å². The molecule has 2 aliphatic heterocycles. The van der Waals surface area contributed by atoms with E-state index < -0.39 is 0 Å². The fourth-order valence-electron chi connectivity index (χ4n) is 3.49. The first kappa shape index (κ1) is 17.4. The molecule has 138 valence electrons. The van der Waals surface area contributed by atoms with E-state index in [1.807, 2.05) is 22.9 Å². The number of carbonyl (C=O) groups is 1. The largest absolute Gasteiger partial charge is 0.344 e. The predicted octanol–water partition coefficient (Wildman–Crippen LogP) is 0.804. The molecular weight excluding hydrogens is 354 g/mol. The number of piperidine rings is 1. The fourth-order valence-corrected chi connectivity index (χ4v) is 3.71. The van der Waals surface area contributed by atoms with Crippen LogP contribution in [0.1, 0.15) is 41.1 Å². The number of hydrogen-bond donors (Lipinski definition) is 4. The van der Waals surface area contributed by atoms with Gasteiger partial charge in [0.15, 0.2) is 5.69 Å². The van der Waals surface area contributed by atoms with Crippen LogP contribution < -0.4 is 21.5 Å². The van der Waals surface area contributed by atoms with Gasteiger partial charge in [0.2, 0.25) is 0 Å². The van der Waals surface area contributed by atoms with Gasteiger partial charge in [-0.05, 0) is 38.1 Å². The van der Waals surface area contributed by atoms with Crippen molar-refractivity contribution in [1.29, 1.82) is 0 Å². The second-order valence-electron chi connectivity index (χ2n) is 6.62. The average molecular weight is 376 g/mol. The van der Waals surface area contributed by atoms with E-state index in [0.29, 0.717) is 11.6 Å². The van der Waals surface area contributed by atoms with E-state index in [1.165, 1.54) is 0 Å². The quantitative estimate of drug-likeness (QED) is 0.631. The molecule has 26 heavy (non-hydrogen) atoms. The van der Waals surface area contributed by atoms with Crippen molar-refractivity contribution < 1.29 is 4.79 Å². The fraction of sp³-hybridized carbons (Fsp3) is 0.471. The van der Waals surface area contributed by atoms with Crippen molar-refractivity contribution in [1.82, 2.24) is 36.2 Å². The van der Waals surface area contributed by atoms with Gasteiger partial charge in [-0.2, -0.15) is 5.10 Å². The Kier molecular flexibility index (Phi) is 5.16. The average Bonchev–Trinajstić information content (AvgIpc) is 3.30. The van der Waals surface area contributed by atoms with Crippen LogP contribution >= 0.6 is 11.6 Å². The molecule has 0 spiro atoms. The molecule has 9 heteroatoms. The lowest BCUT2D eigenvalue weighted by molar-refractivity contribution is 0.0929. The lowest BCUT2D eigenvalue weighted by Crippen LogP contribution is -2.40. The maximum Gasteiger partial charge on any atom is 0.273 e. The van der Waals surface area contributed by atoms with Crippen molar-refractivity contribution in [2.75, 3.05) is 19.6 Å². The molecular formula is C17H22ClN7O. The zero-order valence-corrected chi connectivity index (χ0v) is 15.0. The second kappa shape index (κ2) is 7.71. The number of aromatic nitrogens is 3. The third-order valence-electron chi connectivity index (χ3n) is 4.89. The minimum atomic E-state index is -0.265. The Hall–Kier alpha value is -2.00. The molecule has 0 bridgehead atoms. The molecule has 2 aliphatic rings. The summed E-state index contributed by atoms with van der Waals surface area (Å²) < 4.78 is 1.83. The third-order valence-corrected chi connectivity index (χ3v) is 5.17. The van der Waals surface area contributed by atoms with E-state index in [9.17, 15) is 4.79 Å². The molecule has 4 N–H and O–H groups in total. The Balaban J connectivity index is 1.47. The normalized spacial score (nSPS) is 23.9. The number of amides is 1. The molecule has 0 aliphatic carbocycles. The topological polar surface area (TPSA) is 95.9 Å². The zero-order chi connectivity index (χ0) is 17.9. The molecule has 0 aromatic carbocycles. The SMILES string of the molecule is O=C(NC1CNNC1c1ccccn1)c1nn(C2CCNCC2)cc1Cl. The van der Waals surface area contributed by atoms with Gasteiger partial charge in [-0.15, -0.1) is 0 Å². The van der Waals surface area contributed by atoms with Crippen LogP contribution in [0.2, 0.25) is 5.02 Å². The first-order valence-electron chi connectivity index (χ1n) is 8.88. The monoisotopic (exact) mass is 375 g/mol. The number of nitrogens with one attached hydrogen (secondary N) is 4. The van der Waals surface area contributed by atoms with Crippen LogP contribution in [0, 0.1) is 0 Å². The first-order valence-corrected chi connectivity index (χ1v) is 9.25. The summed E-state index contributed by atoms with van der Waals surface area (Å²) in [5.41, 5.74) is 7.38. The maximum absolute atomic E-state index is 12.7.